The summed E-state index contributed by atoms with van der Waals surface area (Å²) >= 11 is 5.96. The number of carbonyl (C=O) groups excluding carboxylic acids is 2. The van der Waals surface area contributed by atoms with E-state index in [0.29, 0.717) is 22.4 Å². The highest BCUT2D eigenvalue weighted by atomic mass is 35.5. The van der Waals surface area contributed by atoms with Crippen LogP contribution in [0.25, 0.3) is 22.3 Å². The third-order valence-electron chi connectivity index (χ3n) is 4.99. The highest BCUT2D eigenvalue weighted by molar-refractivity contribution is 6.32. The fourth-order valence-electron chi connectivity index (χ4n) is 3.31. The molecule has 3 heterocycles. The summed E-state index contributed by atoms with van der Waals surface area (Å²) in [5.74, 6) is -1.17. The Balaban J connectivity index is 1.62. The summed E-state index contributed by atoms with van der Waals surface area (Å²) in [4.78, 5) is 33.9. The largest absolute Gasteiger partial charge is 0.452 e. The molecule has 0 bridgehead atoms. The van der Waals surface area contributed by atoms with Crippen molar-refractivity contribution in [1.29, 1.82) is 0 Å². The van der Waals surface area contributed by atoms with E-state index in [0.717, 1.165) is 11.1 Å². The molecule has 4 aromatic rings. The fourth-order valence-corrected chi connectivity index (χ4v) is 3.48. The minimum absolute atomic E-state index is 0.0437. The number of amides is 1. The third-order valence-corrected chi connectivity index (χ3v) is 5.29. The molecule has 0 saturated carbocycles. The number of aryl methyl sites for hydroxylation is 1. The van der Waals surface area contributed by atoms with E-state index in [4.69, 9.17) is 21.3 Å². The average molecular weight is 464 g/mol. The SMILES string of the molecule is Cc1ccc(-c2cc(C(=O)OCC(=O)Nc3cccnc3Cl)c3cnn(C(C)C)c3n2)cc1. The zero-order chi connectivity index (χ0) is 23.5. The molecule has 0 spiro atoms. The second kappa shape index (κ2) is 9.38. The molecule has 9 heteroatoms. The highest BCUT2D eigenvalue weighted by Crippen LogP contribution is 2.27. The van der Waals surface area contributed by atoms with Gasteiger partial charge in [-0.1, -0.05) is 41.4 Å². The van der Waals surface area contributed by atoms with Crippen LogP contribution in [-0.4, -0.2) is 38.2 Å². The lowest BCUT2D eigenvalue weighted by Crippen LogP contribution is -2.21. The molecule has 0 radical (unpaired) electrons. The van der Waals surface area contributed by atoms with E-state index in [1.807, 2.05) is 45.0 Å². The summed E-state index contributed by atoms with van der Waals surface area (Å²) in [7, 11) is 0. The number of pyridine rings is 2. The second-order valence-electron chi connectivity index (χ2n) is 7.81. The number of ether oxygens (including phenoxy) is 1. The number of esters is 1. The fraction of sp³-hybridized carbons (Fsp3) is 0.208. The summed E-state index contributed by atoms with van der Waals surface area (Å²) in [5.41, 5.74) is 3.79. The van der Waals surface area contributed by atoms with Crippen molar-refractivity contribution in [3.63, 3.8) is 0 Å². The van der Waals surface area contributed by atoms with Gasteiger partial charge in [0.15, 0.2) is 17.4 Å². The first kappa shape index (κ1) is 22.4. The van der Waals surface area contributed by atoms with Gasteiger partial charge < -0.3 is 10.1 Å². The van der Waals surface area contributed by atoms with Crippen molar-refractivity contribution in [2.75, 3.05) is 11.9 Å². The Bertz CT molecular complexity index is 1330. The standard InChI is InChI=1S/C24H22ClN5O3/c1-14(2)30-23-18(12-27-30)17(11-20(29-23)16-8-6-15(3)7-9-16)24(32)33-13-21(31)28-19-5-4-10-26-22(19)25/h4-12,14H,13H2,1-3H3,(H,28,31). The smallest absolute Gasteiger partial charge is 0.339 e. The Hall–Kier alpha value is -3.78. The number of benzene rings is 1. The maximum absolute atomic E-state index is 13.0. The zero-order valence-corrected chi connectivity index (χ0v) is 19.1. The summed E-state index contributed by atoms with van der Waals surface area (Å²) in [6.07, 6.45) is 3.10. The van der Waals surface area contributed by atoms with Crippen molar-refractivity contribution in [2.24, 2.45) is 0 Å². The lowest BCUT2D eigenvalue weighted by atomic mass is 10.1. The van der Waals surface area contributed by atoms with Crippen LogP contribution >= 0.6 is 11.6 Å². The van der Waals surface area contributed by atoms with Gasteiger partial charge in [0.1, 0.15) is 0 Å². The van der Waals surface area contributed by atoms with E-state index in [-0.39, 0.29) is 16.8 Å². The molecular formula is C24H22ClN5O3. The van der Waals surface area contributed by atoms with Crippen molar-refractivity contribution < 1.29 is 14.3 Å². The molecule has 0 saturated heterocycles. The van der Waals surface area contributed by atoms with E-state index < -0.39 is 18.5 Å². The van der Waals surface area contributed by atoms with Gasteiger partial charge in [-0.25, -0.2) is 19.4 Å². The number of halogens is 1. The molecule has 0 unspecified atom stereocenters. The predicted molar refractivity (Wildman–Crippen MR) is 126 cm³/mol. The Morgan fingerprint density at radius 1 is 1.18 bits per heavy atom. The van der Waals surface area contributed by atoms with Gasteiger partial charge in [-0.2, -0.15) is 5.10 Å². The number of fused-ring (bicyclic) bond motifs is 1. The first-order valence-corrected chi connectivity index (χ1v) is 10.7. The minimum atomic E-state index is -0.647. The number of aromatic nitrogens is 4. The highest BCUT2D eigenvalue weighted by Gasteiger charge is 2.20. The van der Waals surface area contributed by atoms with Crippen molar-refractivity contribution >= 4 is 40.2 Å². The van der Waals surface area contributed by atoms with Gasteiger partial charge in [-0.15, -0.1) is 0 Å². The minimum Gasteiger partial charge on any atom is -0.452 e. The number of nitrogens with zero attached hydrogens (tertiary/aromatic N) is 4. The summed E-state index contributed by atoms with van der Waals surface area (Å²) < 4.78 is 7.06. The van der Waals surface area contributed by atoms with Crippen LogP contribution in [0.1, 0.15) is 35.8 Å². The maximum atomic E-state index is 13.0. The summed E-state index contributed by atoms with van der Waals surface area (Å²) in [6, 6.07) is 12.8. The Morgan fingerprint density at radius 3 is 2.64 bits per heavy atom. The molecule has 1 N–H and O–H groups in total. The lowest BCUT2D eigenvalue weighted by molar-refractivity contribution is -0.119. The van der Waals surface area contributed by atoms with E-state index in [1.165, 1.54) is 6.20 Å². The molecule has 0 aliphatic rings. The van der Waals surface area contributed by atoms with Crippen LogP contribution < -0.4 is 5.32 Å². The van der Waals surface area contributed by atoms with Crippen molar-refractivity contribution in [3.05, 3.63) is 71.1 Å². The van der Waals surface area contributed by atoms with Gasteiger partial charge in [0, 0.05) is 17.8 Å². The van der Waals surface area contributed by atoms with Crippen LogP contribution in [-0.2, 0) is 9.53 Å². The summed E-state index contributed by atoms with van der Waals surface area (Å²) in [6.45, 7) is 5.49. The first-order valence-electron chi connectivity index (χ1n) is 10.4. The Kier molecular flexibility index (Phi) is 6.37. The number of carbonyl (C=O) groups is 2. The van der Waals surface area contributed by atoms with Crippen LogP contribution in [0.4, 0.5) is 5.69 Å². The number of anilines is 1. The van der Waals surface area contributed by atoms with E-state index in [2.05, 4.69) is 15.4 Å². The third kappa shape index (κ3) is 4.85. The van der Waals surface area contributed by atoms with Gasteiger partial charge in [0.2, 0.25) is 0 Å². The van der Waals surface area contributed by atoms with Gasteiger partial charge in [-0.05, 0) is 39.0 Å². The van der Waals surface area contributed by atoms with E-state index in [1.54, 1.807) is 29.1 Å². The van der Waals surface area contributed by atoms with Crippen LogP contribution in [0.2, 0.25) is 5.15 Å². The molecule has 1 amide bonds. The first-order chi connectivity index (χ1) is 15.8. The van der Waals surface area contributed by atoms with Gasteiger partial charge in [0.05, 0.1) is 28.5 Å². The van der Waals surface area contributed by atoms with E-state index in [9.17, 15) is 9.59 Å². The Morgan fingerprint density at radius 2 is 1.94 bits per heavy atom. The monoisotopic (exact) mass is 463 g/mol. The Labute approximate surface area is 195 Å². The van der Waals surface area contributed by atoms with E-state index >= 15 is 0 Å². The number of hydrogen-bond donors (Lipinski definition) is 1. The topological polar surface area (TPSA) is 99.0 Å². The molecule has 4 rings (SSSR count). The number of nitrogens with one attached hydrogen (secondary N) is 1. The van der Waals surface area contributed by atoms with Crippen molar-refractivity contribution in [3.8, 4) is 11.3 Å². The molecule has 0 aliphatic heterocycles. The average Bonchev–Trinajstić information content (AvgIpc) is 3.23. The number of rotatable bonds is 6. The van der Waals surface area contributed by atoms with Crippen LogP contribution in [0.15, 0.2) is 54.9 Å². The molecular weight excluding hydrogens is 442 g/mol. The molecule has 33 heavy (non-hydrogen) atoms. The molecule has 8 nitrogen and oxygen atoms in total. The van der Waals surface area contributed by atoms with Crippen molar-refractivity contribution in [1.82, 2.24) is 19.7 Å². The summed E-state index contributed by atoms with van der Waals surface area (Å²) in [5, 5.41) is 7.68. The molecule has 0 aliphatic carbocycles. The molecule has 1 aromatic carbocycles. The molecule has 0 atom stereocenters. The molecule has 168 valence electrons. The number of hydrogen-bond acceptors (Lipinski definition) is 6. The second-order valence-corrected chi connectivity index (χ2v) is 8.17. The van der Waals surface area contributed by atoms with Crippen LogP contribution in [0.5, 0.6) is 0 Å². The normalized spacial score (nSPS) is 11.1. The lowest BCUT2D eigenvalue weighted by Gasteiger charge is -2.11. The molecule has 3 aromatic heterocycles. The van der Waals surface area contributed by atoms with Gasteiger partial charge in [0.25, 0.3) is 5.91 Å². The van der Waals surface area contributed by atoms with Gasteiger partial charge in [-0.3, -0.25) is 4.79 Å². The maximum Gasteiger partial charge on any atom is 0.339 e. The predicted octanol–water partition coefficient (Wildman–Crippen LogP) is 4.83. The van der Waals surface area contributed by atoms with Gasteiger partial charge >= 0.3 is 5.97 Å². The quantitative estimate of drug-likeness (QED) is 0.324. The van der Waals surface area contributed by atoms with Crippen LogP contribution in [0.3, 0.4) is 0 Å². The van der Waals surface area contributed by atoms with Crippen molar-refractivity contribution in [2.45, 2.75) is 26.8 Å². The van der Waals surface area contributed by atoms with Crippen LogP contribution in [0, 0.1) is 6.92 Å². The molecule has 0 fully saturated rings. The zero-order valence-electron chi connectivity index (χ0n) is 18.4.